The van der Waals surface area contributed by atoms with E-state index in [4.69, 9.17) is 9.47 Å². The molecule has 1 fully saturated rings. The van der Waals surface area contributed by atoms with Crippen molar-refractivity contribution in [1.29, 1.82) is 0 Å². The second-order valence-corrected chi connectivity index (χ2v) is 7.37. The molecule has 0 aromatic heterocycles. The summed E-state index contributed by atoms with van der Waals surface area (Å²) < 4.78 is 10.3. The van der Waals surface area contributed by atoms with Crippen LogP contribution < -0.4 is 21.5 Å². The first-order valence-electron chi connectivity index (χ1n) is 7.39. The molecule has 22 heavy (non-hydrogen) atoms. The number of hydrogen-bond donors (Lipinski definition) is 4. The van der Waals surface area contributed by atoms with Gasteiger partial charge in [0, 0.05) is 13.0 Å². The highest BCUT2D eigenvalue weighted by Crippen LogP contribution is 2.14. The van der Waals surface area contributed by atoms with E-state index in [1.807, 2.05) is 20.8 Å². The third-order valence-electron chi connectivity index (χ3n) is 2.63. The zero-order valence-corrected chi connectivity index (χ0v) is 14.3. The van der Waals surface area contributed by atoms with E-state index in [1.165, 1.54) is 0 Å². The molecule has 1 rings (SSSR count). The second-order valence-electron chi connectivity index (χ2n) is 7.37. The van der Waals surface area contributed by atoms with Crippen LogP contribution in [-0.2, 0) is 9.47 Å². The van der Waals surface area contributed by atoms with E-state index in [0.717, 1.165) is 0 Å². The summed E-state index contributed by atoms with van der Waals surface area (Å²) in [4.78, 5) is 23.1. The minimum absolute atomic E-state index is 0.359. The van der Waals surface area contributed by atoms with Gasteiger partial charge in [-0.25, -0.2) is 20.4 Å². The molecule has 0 radical (unpaired) electrons. The highest BCUT2D eigenvalue weighted by atomic mass is 16.6. The highest BCUT2D eigenvalue weighted by Gasteiger charge is 2.41. The molecule has 0 unspecified atom stereocenters. The van der Waals surface area contributed by atoms with E-state index in [-0.39, 0.29) is 0 Å². The normalized spacial score (nSPS) is 16.6. The Bertz CT molecular complexity index is 408. The van der Waals surface area contributed by atoms with Gasteiger partial charge in [-0.2, -0.15) is 0 Å². The minimum atomic E-state index is -0.528. The molecule has 0 atom stereocenters. The number of carbonyl (C=O) groups is 2. The van der Waals surface area contributed by atoms with Gasteiger partial charge >= 0.3 is 12.2 Å². The van der Waals surface area contributed by atoms with Gasteiger partial charge in [0.2, 0.25) is 0 Å². The van der Waals surface area contributed by atoms with Crippen LogP contribution in [0.5, 0.6) is 0 Å². The summed E-state index contributed by atoms with van der Waals surface area (Å²) in [5.74, 6) is 0. The van der Waals surface area contributed by atoms with Crippen LogP contribution in [-0.4, -0.2) is 42.1 Å². The lowest BCUT2D eigenvalue weighted by molar-refractivity contribution is 0.0501. The number of amides is 2. The van der Waals surface area contributed by atoms with Crippen molar-refractivity contribution in [2.75, 3.05) is 13.1 Å². The van der Waals surface area contributed by atoms with Crippen LogP contribution >= 0.6 is 0 Å². The van der Waals surface area contributed by atoms with Crippen molar-refractivity contribution in [2.24, 2.45) is 0 Å². The number of ether oxygens (including phenoxy) is 2. The summed E-state index contributed by atoms with van der Waals surface area (Å²) >= 11 is 0. The Hall–Kier alpha value is -1.54. The number of carbonyl (C=O) groups excluding carboxylic acids is 2. The number of hydrogen-bond acceptors (Lipinski definition) is 6. The van der Waals surface area contributed by atoms with Gasteiger partial charge in [-0.05, 0) is 41.5 Å². The van der Waals surface area contributed by atoms with E-state index in [2.05, 4.69) is 21.5 Å². The lowest BCUT2D eigenvalue weighted by Gasteiger charge is -2.21. The third-order valence-corrected chi connectivity index (χ3v) is 2.63. The van der Waals surface area contributed by atoms with Gasteiger partial charge in [-0.15, -0.1) is 0 Å². The summed E-state index contributed by atoms with van der Waals surface area (Å²) in [5, 5.41) is 5.36. The van der Waals surface area contributed by atoms with Gasteiger partial charge in [0.1, 0.15) is 16.9 Å². The van der Waals surface area contributed by atoms with Crippen molar-refractivity contribution in [3.8, 4) is 0 Å². The van der Waals surface area contributed by atoms with Crippen LogP contribution in [0.25, 0.3) is 0 Å². The van der Waals surface area contributed by atoms with Gasteiger partial charge in [0.25, 0.3) is 0 Å². The summed E-state index contributed by atoms with van der Waals surface area (Å²) in [5.41, 5.74) is 4.49. The molecule has 0 aliphatic carbocycles. The molecule has 1 heterocycles. The fourth-order valence-electron chi connectivity index (χ4n) is 1.62. The lowest BCUT2D eigenvalue weighted by Crippen LogP contribution is -2.42. The maximum Gasteiger partial charge on any atom is 0.407 e. The molecule has 128 valence electrons. The Morgan fingerprint density at radius 1 is 0.909 bits per heavy atom. The Labute approximate surface area is 131 Å². The maximum atomic E-state index is 11.6. The first kappa shape index (κ1) is 18.5. The van der Waals surface area contributed by atoms with Crippen LogP contribution in [0.4, 0.5) is 9.59 Å². The Morgan fingerprint density at radius 3 is 1.77 bits per heavy atom. The fourth-order valence-corrected chi connectivity index (χ4v) is 1.62. The second kappa shape index (κ2) is 6.70. The molecule has 8 nitrogen and oxygen atoms in total. The predicted octanol–water partition coefficient (Wildman–Crippen LogP) is 1.23. The Morgan fingerprint density at radius 2 is 1.36 bits per heavy atom. The average Bonchev–Trinajstić information content (AvgIpc) is 3.02. The first-order valence-corrected chi connectivity index (χ1v) is 7.39. The molecule has 0 aromatic carbocycles. The molecule has 8 heteroatoms. The molecule has 0 bridgehead atoms. The molecule has 0 aromatic rings. The van der Waals surface area contributed by atoms with Crippen molar-refractivity contribution < 1.29 is 19.1 Å². The van der Waals surface area contributed by atoms with E-state index in [9.17, 15) is 9.59 Å². The van der Waals surface area contributed by atoms with Gasteiger partial charge in [-0.1, -0.05) is 0 Å². The molecule has 4 N–H and O–H groups in total. The van der Waals surface area contributed by atoms with E-state index in [0.29, 0.717) is 19.5 Å². The maximum absolute atomic E-state index is 11.6. The van der Waals surface area contributed by atoms with E-state index >= 15 is 0 Å². The zero-order chi connectivity index (χ0) is 17.0. The lowest BCUT2D eigenvalue weighted by atomic mass is 10.1. The molecule has 0 saturated carbocycles. The van der Waals surface area contributed by atoms with E-state index < -0.39 is 29.1 Å². The van der Waals surface area contributed by atoms with Crippen LogP contribution in [0, 0.1) is 0 Å². The van der Waals surface area contributed by atoms with Gasteiger partial charge in [-0.3, -0.25) is 0 Å². The SMILES string of the molecule is CC(C)(C)OC(=O)NCCC1(CNC(=O)OC(C)(C)C)NN1. The summed E-state index contributed by atoms with van der Waals surface area (Å²) in [6.07, 6.45) is -0.326. The van der Waals surface area contributed by atoms with Crippen molar-refractivity contribution in [3.05, 3.63) is 0 Å². The van der Waals surface area contributed by atoms with Crippen LogP contribution in [0.3, 0.4) is 0 Å². The molecule has 1 aliphatic heterocycles. The monoisotopic (exact) mass is 316 g/mol. The number of nitrogens with one attached hydrogen (secondary N) is 4. The standard InChI is InChI=1S/C14H28N4O4/c1-12(2,3)21-10(19)15-8-7-14(17-18-14)9-16-11(20)22-13(4,5)6/h17-18H,7-9H2,1-6H3,(H,15,19)(H,16,20). The highest BCUT2D eigenvalue weighted by molar-refractivity contribution is 5.68. The molecular formula is C14H28N4O4. The molecule has 1 saturated heterocycles. The fraction of sp³-hybridized carbons (Fsp3) is 0.857. The zero-order valence-electron chi connectivity index (χ0n) is 14.3. The van der Waals surface area contributed by atoms with Gasteiger partial charge in [0.05, 0.1) is 6.54 Å². The number of hydrazine groups is 1. The Kier molecular flexibility index (Phi) is 5.64. The quantitative estimate of drug-likeness (QED) is 0.566. The van der Waals surface area contributed by atoms with Crippen molar-refractivity contribution >= 4 is 12.2 Å². The van der Waals surface area contributed by atoms with Gasteiger partial charge < -0.3 is 20.1 Å². The van der Waals surface area contributed by atoms with Crippen LogP contribution in [0.15, 0.2) is 0 Å². The summed E-state index contributed by atoms with van der Waals surface area (Å²) in [7, 11) is 0. The third kappa shape index (κ3) is 8.04. The van der Waals surface area contributed by atoms with Crippen molar-refractivity contribution in [2.45, 2.75) is 64.8 Å². The summed E-state index contributed by atoms with van der Waals surface area (Å²) in [6.45, 7) is 11.6. The Balaban J connectivity index is 2.23. The smallest absolute Gasteiger partial charge is 0.407 e. The first-order chi connectivity index (χ1) is 9.91. The topological polar surface area (TPSA) is 121 Å². The molecule has 0 spiro atoms. The van der Waals surface area contributed by atoms with Crippen LogP contribution in [0.2, 0.25) is 0 Å². The number of rotatable bonds is 5. The van der Waals surface area contributed by atoms with Crippen molar-refractivity contribution in [3.63, 3.8) is 0 Å². The minimum Gasteiger partial charge on any atom is -0.444 e. The average molecular weight is 316 g/mol. The molecule has 2 amide bonds. The molecule has 1 aliphatic rings. The van der Waals surface area contributed by atoms with Gasteiger partial charge in [0.15, 0.2) is 0 Å². The van der Waals surface area contributed by atoms with Crippen LogP contribution in [0.1, 0.15) is 48.0 Å². The molecular weight excluding hydrogens is 288 g/mol. The number of alkyl carbamates (subject to hydrolysis) is 2. The predicted molar refractivity (Wildman–Crippen MR) is 82.1 cm³/mol. The largest absolute Gasteiger partial charge is 0.444 e. The van der Waals surface area contributed by atoms with Crippen molar-refractivity contribution in [1.82, 2.24) is 21.5 Å². The summed E-state index contributed by atoms with van der Waals surface area (Å²) in [6, 6.07) is 0. The van der Waals surface area contributed by atoms with E-state index in [1.54, 1.807) is 20.8 Å².